The number of benzene rings is 3. The number of nitrogens with one attached hydrogen (secondary N) is 1. The topological polar surface area (TPSA) is 35.2 Å². The van der Waals surface area contributed by atoms with E-state index >= 15 is 0 Å². The number of aromatic nitrogens is 2. The molecule has 1 N–H and O–H groups in total. The van der Waals surface area contributed by atoms with Gasteiger partial charge in [-0.3, -0.25) is 5.10 Å². The van der Waals surface area contributed by atoms with Crippen LogP contribution in [0.5, 0.6) is 0 Å². The van der Waals surface area contributed by atoms with E-state index < -0.39 is 0 Å². The Kier molecular flexibility index (Phi) is 3.90. The van der Waals surface area contributed by atoms with Crippen LogP contribution in [0.1, 0.15) is 11.3 Å². The molecule has 1 aliphatic heterocycles. The van der Waals surface area contributed by atoms with E-state index in [1.807, 2.05) is 6.92 Å². The summed E-state index contributed by atoms with van der Waals surface area (Å²) in [4.78, 5) is 4.73. The Hall–Kier alpha value is -3.53. The number of aromatic amines is 1. The van der Waals surface area contributed by atoms with E-state index in [1.54, 1.807) is 0 Å². The molecule has 28 heavy (non-hydrogen) atoms. The van der Waals surface area contributed by atoms with Crippen molar-refractivity contribution in [3.8, 4) is 11.3 Å². The number of rotatable bonds is 3. The van der Waals surface area contributed by atoms with Crippen molar-refractivity contribution in [3.05, 3.63) is 90.1 Å². The number of hydrogen-bond donors (Lipinski definition) is 1. The molecule has 1 aliphatic rings. The van der Waals surface area contributed by atoms with Crippen molar-refractivity contribution in [1.82, 2.24) is 10.2 Å². The summed E-state index contributed by atoms with van der Waals surface area (Å²) >= 11 is 0. The number of H-pyrrole nitrogens is 1. The smallest absolute Gasteiger partial charge is 0.100 e. The van der Waals surface area contributed by atoms with Crippen molar-refractivity contribution < 1.29 is 0 Å². The van der Waals surface area contributed by atoms with Crippen molar-refractivity contribution in [3.63, 3.8) is 0 Å². The third-order valence-corrected chi connectivity index (χ3v) is 5.19. The second-order valence-electron chi connectivity index (χ2n) is 7.32. The molecule has 0 aliphatic carbocycles. The predicted octanol–water partition coefficient (Wildman–Crippen LogP) is 5.94. The summed E-state index contributed by atoms with van der Waals surface area (Å²) in [6.07, 6.45) is 0. The summed E-state index contributed by atoms with van der Waals surface area (Å²) in [5, 5.41) is 7.50. The van der Waals surface area contributed by atoms with Crippen LogP contribution in [0.3, 0.4) is 0 Å². The highest BCUT2D eigenvalue weighted by Crippen LogP contribution is 2.44. The van der Waals surface area contributed by atoms with Crippen molar-refractivity contribution >= 4 is 22.7 Å². The zero-order valence-corrected chi connectivity index (χ0v) is 16.1. The third-order valence-electron chi connectivity index (χ3n) is 5.19. The summed E-state index contributed by atoms with van der Waals surface area (Å²) in [5.41, 5.74) is 9.25. The minimum atomic E-state index is 0.784. The normalized spacial score (nSPS) is 13.1. The van der Waals surface area contributed by atoms with Gasteiger partial charge in [0.1, 0.15) is 6.67 Å². The van der Waals surface area contributed by atoms with Crippen LogP contribution in [0.25, 0.3) is 11.3 Å². The average molecular weight is 366 g/mol. The predicted molar refractivity (Wildman–Crippen MR) is 116 cm³/mol. The van der Waals surface area contributed by atoms with Crippen LogP contribution in [0, 0.1) is 13.8 Å². The lowest BCUT2D eigenvalue weighted by atomic mass is 10.1. The van der Waals surface area contributed by atoms with Crippen LogP contribution in [-0.4, -0.2) is 16.9 Å². The maximum Gasteiger partial charge on any atom is 0.100 e. The fourth-order valence-corrected chi connectivity index (χ4v) is 3.90. The highest BCUT2D eigenvalue weighted by molar-refractivity contribution is 5.87. The van der Waals surface area contributed by atoms with E-state index in [0.29, 0.717) is 0 Å². The van der Waals surface area contributed by atoms with E-state index in [9.17, 15) is 0 Å². The Morgan fingerprint density at radius 1 is 0.750 bits per heavy atom. The largest absolute Gasteiger partial charge is 0.321 e. The van der Waals surface area contributed by atoms with E-state index in [2.05, 4.69) is 106 Å². The van der Waals surface area contributed by atoms with Crippen molar-refractivity contribution in [2.45, 2.75) is 13.8 Å². The molecule has 0 amide bonds. The van der Waals surface area contributed by atoms with Crippen molar-refractivity contribution in [1.29, 1.82) is 0 Å². The fourth-order valence-electron chi connectivity index (χ4n) is 3.90. The molecule has 0 saturated carbocycles. The highest BCUT2D eigenvalue weighted by Gasteiger charge is 2.27. The van der Waals surface area contributed by atoms with E-state index in [4.69, 9.17) is 0 Å². The van der Waals surface area contributed by atoms with Gasteiger partial charge in [0.2, 0.25) is 0 Å². The molecule has 2 heterocycles. The molecule has 0 atom stereocenters. The third kappa shape index (κ3) is 2.83. The van der Waals surface area contributed by atoms with Crippen LogP contribution in [0.15, 0.2) is 78.9 Å². The summed E-state index contributed by atoms with van der Waals surface area (Å²) in [6, 6.07) is 27.9. The van der Waals surface area contributed by atoms with Crippen LogP contribution < -0.4 is 9.80 Å². The molecule has 4 nitrogen and oxygen atoms in total. The first-order valence-electron chi connectivity index (χ1n) is 9.52. The molecule has 138 valence electrons. The Morgan fingerprint density at radius 3 is 2.11 bits per heavy atom. The first-order valence-corrected chi connectivity index (χ1v) is 9.52. The zero-order valence-electron chi connectivity index (χ0n) is 16.1. The molecule has 5 rings (SSSR count). The van der Waals surface area contributed by atoms with Crippen molar-refractivity contribution in [2.75, 3.05) is 16.5 Å². The second-order valence-corrected chi connectivity index (χ2v) is 7.32. The monoisotopic (exact) mass is 366 g/mol. The lowest BCUT2D eigenvalue weighted by Crippen LogP contribution is -2.23. The quantitative estimate of drug-likeness (QED) is 0.487. The van der Waals surface area contributed by atoms with Crippen molar-refractivity contribution in [2.24, 2.45) is 0 Å². The van der Waals surface area contributed by atoms with E-state index in [0.717, 1.165) is 23.6 Å². The van der Waals surface area contributed by atoms with Gasteiger partial charge in [0, 0.05) is 22.6 Å². The van der Waals surface area contributed by atoms with Gasteiger partial charge in [0.05, 0.1) is 17.1 Å². The number of aryl methyl sites for hydroxylation is 2. The number of para-hydroxylation sites is 3. The van der Waals surface area contributed by atoms with E-state index in [-0.39, 0.29) is 0 Å². The molecule has 1 aromatic heterocycles. The summed E-state index contributed by atoms with van der Waals surface area (Å²) in [6.45, 7) is 4.96. The van der Waals surface area contributed by atoms with Gasteiger partial charge in [-0.25, -0.2) is 0 Å². The Bertz CT molecular complexity index is 1130. The van der Waals surface area contributed by atoms with Crippen LogP contribution >= 0.6 is 0 Å². The number of hydrogen-bond acceptors (Lipinski definition) is 3. The number of fused-ring (bicyclic) bond motifs is 1. The Labute approximate surface area is 165 Å². The molecule has 0 fully saturated rings. The standard InChI is InChI=1S/C24H22N4/c1-17-12-19(22-14-18(2)25-26-22)15-21(13-17)28-16-27(20-8-4-3-5-9-20)23-10-6-7-11-24(23)28/h3-15H,16H2,1-2H3,(H,25,26). The zero-order chi connectivity index (χ0) is 19.1. The Balaban J connectivity index is 1.59. The van der Waals surface area contributed by atoms with Gasteiger partial charge >= 0.3 is 0 Å². The van der Waals surface area contributed by atoms with Crippen LogP contribution in [0.4, 0.5) is 22.7 Å². The molecule has 0 saturated heterocycles. The van der Waals surface area contributed by atoms with Gasteiger partial charge in [0.25, 0.3) is 0 Å². The van der Waals surface area contributed by atoms with Gasteiger partial charge in [-0.2, -0.15) is 5.10 Å². The first kappa shape index (κ1) is 16.6. The molecule has 0 bridgehead atoms. The number of anilines is 4. The average Bonchev–Trinajstić information content (AvgIpc) is 3.32. The molecule has 4 heteroatoms. The Morgan fingerprint density at radius 2 is 1.43 bits per heavy atom. The molecular weight excluding hydrogens is 344 g/mol. The molecular formula is C24H22N4. The lowest BCUT2D eigenvalue weighted by molar-refractivity contribution is 0.990. The SMILES string of the molecule is Cc1cc(-c2cc(C)[nH]n2)cc(N2CN(c3ccccc3)c3ccccc32)c1. The number of nitrogens with zero attached hydrogens (tertiary/aromatic N) is 3. The maximum atomic E-state index is 4.45. The minimum Gasteiger partial charge on any atom is -0.321 e. The van der Waals surface area contributed by atoms with E-state index in [1.165, 1.54) is 28.3 Å². The minimum absolute atomic E-state index is 0.784. The van der Waals surface area contributed by atoms with Gasteiger partial charge in [0.15, 0.2) is 0 Å². The summed E-state index contributed by atoms with van der Waals surface area (Å²) < 4.78 is 0. The molecule has 0 radical (unpaired) electrons. The summed E-state index contributed by atoms with van der Waals surface area (Å²) in [5.74, 6) is 0. The first-order chi connectivity index (χ1) is 13.7. The van der Waals surface area contributed by atoms with Gasteiger partial charge in [-0.05, 0) is 67.9 Å². The molecule has 0 spiro atoms. The van der Waals surface area contributed by atoms with Crippen LogP contribution in [0.2, 0.25) is 0 Å². The lowest BCUT2D eigenvalue weighted by Gasteiger charge is -2.23. The summed E-state index contributed by atoms with van der Waals surface area (Å²) in [7, 11) is 0. The van der Waals surface area contributed by atoms with Crippen LogP contribution in [-0.2, 0) is 0 Å². The van der Waals surface area contributed by atoms with Gasteiger partial charge in [-0.15, -0.1) is 0 Å². The van der Waals surface area contributed by atoms with Gasteiger partial charge in [-0.1, -0.05) is 30.3 Å². The molecule has 4 aromatic rings. The fraction of sp³-hybridized carbons (Fsp3) is 0.125. The second kappa shape index (κ2) is 6.57. The molecule has 0 unspecified atom stereocenters. The highest BCUT2D eigenvalue weighted by atomic mass is 15.4. The molecule has 3 aromatic carbocycles. The maximum absolute atomic E-state index is 4.45. The van der Waals surface area contributed by atoms with Gasteiger partial charge < -0.3 is 9.80 Å².